The SMILES string of the molecule is CC1=NOC(=O)/C1=C/c1cc(Br)ccc1OCc1cc(C)cc(C)c1. The molecule has 0 saturated heterocycles. The lowest BCUT2D eigenvalue weighted by molar-refractivity contribution is -0.136. The lowest BCUT2D eigenvalue weighted by atomic mass is 10.1. The molecule has 3 rings (SSSR count). The zero-order valence-electron chi connectivity index (χ0n) is 14.3. The van der Waals surface area contributed by atoms with Crippen LogP contribution in [-0.4, -0.2) is 11.7 Å². The van der Waals surface area contributed by atoms with Gasteiger partial charge in [-0.05, 0) is 50.6 Å². The van der Waals surface area contributed by atoms with Crippen LogP contribution < -0.4 is 4.74 Å². The summed E-state index contributed by atoms with van der Waals surface area (Å²) in [6.07, 6.45) is 1.75. The number of hydrogen-bond acceptors (Lipinski definition) is 4. The van der Waals surface area contributed by atoms with E-state index in [2.05, 4.69) is 53.1 Å². The lowest BCUT2D eigenvalue weighted by Gasteiger charge is -2.11. The highest BCUT2D eigenvalue weighted by molar-refractivity contribution is 9.10. The molecule has 0 fully saturated rings. The van der Waals surface area contributed by atoms with Gasteiger partial charge in [-0.2, -0.15) is 0 Å². The van der Waals surface area contributed by atoms with E-state index in [0.717, 1.165) is 15.6 Å². The molecule has 0 radical (unpaired) electrons. The molecule has 5 heteroatoms. The van der Waals surface area contributed by atoms with Gasteiger partial charge in [-0.15, -0.1) is 0 Å². The molecule has 0 saturated carbocycles. The predicted molar refractivity (Wildman–Crippen MR) is 102 cm³/mol. The van der Waals surface area contributed by atoms with Gasteiger partial charge in [0, 0.05) is 10.0 Å². The molecular formula is C20H18BrNO3. The van der Waals surface area contributed by atoms with Crippen molar-refractivity contribution in [2.75, 3.05) is 0 Å². The van der Waals surface area contributed by atoms with Crippen LogP contribution in [0.5, 0.6) is 5.75 Å². The highest BCUT2D eigenvalue weighted by Crippen LogP contribution is 2.28. The third-order valence-corrected chi connectivity index (χ3v) is 4.32. The molecule has 1 heterocycles. The first-order valence-corrected chi connectivity index (χ1v) is 8.69. The van der Waals surface area contributed by atoms with Crippen molar-refractivity contribution in [3.63, 3.8) is 0 Å². The molecule has 2 aromatic rings. The number of ether oxygens (including phenoxy) is 1. The molecule has 0 aliphatic carbocycles. The van der Waals surface area contributed by atoms with Gasteiger partial charge in [0.15, 0.2) is 0 Å². The fraction of sp³-hybridized carbons (Fsp3) is 0.200. The van der Waals surface area contributed by atoms with Crippen LogP contribution in [0.25, 0.3) is 6.08 Å². The van der Waals surface area contributed by atoms with Crippen molar-refractivity contribution in [1.82, 2.24) is 0 Å². The number of aryl methyl sites for hydroxylation is 2. The summed E-state index contributed by atoms with van der Waals surface area (Å²) in [7, 11) is 0. The highest BCUT2D eigenvalue weighted by Gasteiger charge is 2.22. The quantitative estimate of drug-likeness (QED) is 0.538. The Bertz CT molecular complexity index is 880. The Balaban J connectivity index is 1.88. The average molecular weight is 400 g/mol. The molecule has 1 aliphatic heterocycles. The highest BCUT2D eigenvalue weighted by atomic mass is 79.9. The van der Waals surface area contributed by atoms with Crippen LogP contribution in [-0.2, 0) is 16.2 Å². The number of rotatable bonds is 4. The first kappa shape index (κ1) is 17.4. The van der Waals surface area contributed by atoms with E-state index < -0.39 is 5.97 Å². The fourth-order valence-electron chi connectivity index (χ4n) is 2.75. The van der Waals surface area contributed by atoms with E-state index in [-0.39, 0.29) is 0 Å². The largest absolute Gasteiger partial charge is 0.488 e. The Morgan fingerprint density at radius 3 is 2.48 bits per heavy atom. The normalized spacial score (nSPS) is 15.3. The van der Waals surface area contributed by atoms with Crippen LogP contribution in [0.1, 0.15) is 29.2 Å². The minimum Gasteiger partial charge on any atom is -0.488 e. The van der Waals surface area contributed by atoms with E-state index in [1.165, 1.54) is 11.1 Å². The second kappa shape index (κ2) is 7.23. The van der Waals surface area contributed by atoms with E-state index in [1.54, 1.807) is 13.0 Å². The number of carbonyl (C=O) groups excluding carboxylic acids is 1. The minimum atomic E-state index is -0.447. The summed E-state index contributed by atoms with van der Waals surface area (Å²) in [6.45, 7) is 6.34. The van der Waals surface area contributed by atoms with Crippen LogP contribution in [0.2, 0.25) is 0 Å². The summed E-state index contributed by atoms with van der Waals surface area (Å²) in [4.78, 5) is 16.5. The summed E-state index contributed by atoms with van der Waals surface area (Å²) in [5, 5.41) is 3.71. The molecule has 1 aliphatic rings. The first-order chi connectivity index (χ1) is 11.9. The number of carbonyl (C=O) groups is 1. The Hall–Kier alpha value is -2.40. The van der Waals surface area contributed by atoms with Crippen LogP contribution in [0.15, 0.2) is 51.6 Å². The van der Waals surface area contributed by atoms with Crippen LogP contribution in [0.4, 0.5) is 0 Å². The molecule has 0 N–H and O–H groups in total. The predicted octanol–water partition coefficient (Wildman–Crippen LogP) is 4.96. The summed E-state index contributed by atoms with van der Waals surface area (Å²) in [6, 6.07) is 12.0. The third-order valence-electron chi connectivity index (χ3n) is 3.82. The Labute approximate surface area is 155 Å². The zero-order chi connectivity index (χ0) is 18.0. The standard InChI is InChI=1S/C20H18BrNO3/c1-12-6-13(2)8-15(7-12)11-24-19-5-4-17(21)9-16(19)10-18-14(3)22-25-20(18)23/h4-10H,11H2,1-3H3/b18-10+. The van der Waals surface area contributed by atoms with E-state index >= 15 is 0 Å². The maximum atomic E-state index is 11.8. The summed E-state index contributed by atoms with van der Waals surface area (Å²) < 4.78 is 6.91. The van der Waals surface area contributed by atoms with Crippen molar-refractivity contribution < 1.29 is 14.4 Å². The van der Waals surface area contributed by atoms with Crippen LogP contribution in [0.3, 0.4) is 0 Å². The second-order valence-electron chi connectivity index (χ2n) is 6.08. The second-order valence-corrected chi connectivity index (χ2v) is 7.00. The molecule has 0 spiro atoms. The van der Waals surface area contributed by atoms with Gasteiger partial charge in [-0.3, -0.25) is 0 Å². The van der Waals surface area contributed by atoms with Crippen molar-refractivity contribution in [1.29, 1.82) is 0 Å². The number of hydrogen-bond donors (Lipinski definition) is 0. The number of nitrogens with zero attached hydrogens (tertiary/aromatic N) is 1. The van der Waals surface area contributed by atoms with Gasteiger partial charge in [0.25, 0.3) is 0 Å². The zero-order valence-corrected chi connectivity index (χ0v) is 15.9. The molecule has 2 aromatic carbocycles. The smallest absolute Gasteiger partial charge is 0.367 e. The number of halogens is 1. The lowest BCUT2D eigenvalue weighted by Crippen LogP contribution is -2.03. The molecule has 0 unspecified atom stereocenters. The molecule has 25 heavy (non-hydrogen) atoms. The van der Waals surface area contributed by atoms with Crippen molar-refractivity contribution in [2.24, 2.45) is 5.16 Å². The Kier molecular flexibility index (Phi) is 5.04. The van der Waals surface area contributed by atoms with Gasteiger partial charge in [-0.1, -0.05) is 50.4 Å². The van der Waals surface area contributed by atoms with Gasteiger partial charge >= 0.3 is 5.97 Å². The van der Waals surface area contributed by atoms with E-state index in [9.17, 15) is 4.79 Å². The number of oxime groups is 1. The monoisotopic (exact) mass is 399 g/mol. The van der Waals surface area contributed by atoms with E-state index in [0.29, 0.717) is 23.6 Å². The van der Waals surface area contributed by atoms with Crippen LogP contribution >= 0.6 is 15.9 Å². The van der Waals surface area contributed by atoms with Crippen LogP contribution in [0, 0.1) is 13.8 Å². The Morgan fingerprint density at radius 1 is 1.12 bits per heavy atom. The Morgan fingerprint density at radius 2 is 1.84 bits per heavy atom. The molecule has 0 atom stereocenters. The van der Waals surface area contributed by atoms with Gasteiger partial charge in [-0.25, -0.2) is 4.79 Å². The first-order valence-electron chi connectivity index (χ1n) is 7.90. The summed E-state index contributed by atoms with van der Waals surface area (Å²) in [5.41, 5.74) is 5.31. The van der Waals surface area contributed by atoms with E-state index in [4.69, 9.17) is 9.57 Å². The van der Waals surface area contributed by atoms with Gasteiger partial charge in [0.05, 0.1) is 11.3 Å². The number of benzene rings is 2. The van der Waals surface area contributed by atoms with Crippen molar-refractivity contribution in [3.8, 4) is 5.75 Å². The molecule has 0 bridgehead atoms. The van der Waals surface area contributed by atoms with Gasteiger partial charge in [0.1, 0.15) is 12.4 Å². The summed E-state index contributed by atoms with van der Waals surface area (Å²) in [5.74, 6) is 0.250. The summed E-state index contributed by atoms with van der Waals surface area (Å²) >= 11 is 3.46. The van der Waals surface area contributed by atoms with Crippen molar-refractivity contribution >= 4 is 33.7 Å². The third kappa shape index (κ3) is 4.17. The van der Waals surface area contributed by atoms with Gasteiger partial charge in [0.2, 0.25) is 0 Å². The molecule has 0 amide bonds. The van der Waals surface area contributed by atoms with Crippen molar-refractivity contribution in [2.45, 2.75) is 27.4 Å². The maximum absolute atomic E-state index is 11.8. The molecule has 0 aromatic heterocycles. The minimum absolute atomic E-state index is 0.439. The average Bonchev–Trinajstić information content (AvgIpc) is 2.85. The molecule has 128 valence electrons. The maximum Gasteiger partial charge on any atom is 0.367 e. The molecular weight excluding hydrogens is 382 g/mol. The van der Waals surface area contributed by atoms with E-state index in [1.807, 2.05) is 18.2 Å². The topological polar surface area (TPSA) is 47.9 Å². The fourth-order valence-corrected chi connectivity index (χ4v) is 3.13. The van der Waals surface area contributed by atoms with Crippen molar-refractivity contribution in [3.05, 3.63) is 68.7 Å². The van der Waals surface area contributed by atoms with Gasteiger partial charge < -0.3 is 9.57 Å². The molecule has 4 nitrogen and oxygen atoms in total.